The van der Waals surface area contributed by atoms with Gasteiger partial charge in [0.05, 0.1) is 5.02 Å². The Morgan fingerprint density at radius 1 is 1.56 bits per heavy atom. The molecule has 0 aliphatic carbocycles. The van der Waals surface area contributed by atoms with Crippen molar-refractivity contribution in [2.45, 2.75) is 22.8 Å². The van der Waals surface area contributed by atoms with Gasteiger partial charge in [0, 0.05) is 23.8 Å². The number of thiazole rings is 1. The van der Waals surface area contributed by atoms with Gasteiger partial charge >= 0.3 is 0 Å². The fourth-order valence-electron chi connectivity index (χ4n) is 1.15. The van der Waals surface area contributed by atoms with Gasteiger partial charge in [0.15, 0.2) is 4.34 Å². The molecule has 0 spiro atoms. The third-order valence-electron chi connectivity index (χ3n) is 1.94. The van der Waals surface area contributed by atoms with Crippen LogP contribution in [-0.4, -0.2) is 9.97 Å². The first-order chi connectivity index (χ1) is 7.70. The van der Waals surface area contributed by atoms with Crippen molar-refractivity contribution in [1.82, 2.24) is 9.97 Å². The lowest BCUT2D eigenvalue weighted by Gasteiger charge is -2.04. The first kappa shape index (κ1) is 11.9. The molecule has 0 radical (unpaired) electrons. The highest BCUT2D eigenvalue weighted by Crippen LogP contribution is 2.34. The van der Waals surface area contributed by atoms with Crippen molar-refractivity contribution >= 4 is 34.7 Å². The minimum atomic E-state index is 0.422. The van der Waals surface area contributed by atoms with E-state index in [1.54, 1.807) is 17.5 Å². The van der Waals surface area contributed by atoms with E-state index >= 15 is 0 Å². The van der Waals surface area contributed by atoms with Crippen molar-refractivity contribution in [3.05, 3.63) is 33.9 Å². The lowest BCUT2D eigenvalue weighted by molar-refractivity contribution is 1.02. The molecule has 0 amide bonds. The largest absolute Gasteiger partial charge is 0.326 e. The number of aryl methyl sites for hydroxylation is 1. The second-order valence-corrected chi connectivity index (χ2v) is 5.62. The molecule has 0 saturated heterocycles. The molecule has 0 saturated carbocycles. The Balaban J connectivity index is 2.28. The van der Waals surface area contributed by atoms with Crippen molar-refractivity contribution in [2.75, 3.05) is 0 Å². The zero-order valence-corrected chi connectivity index (χ0v) is 11.0. The second kappa shape index (κ2) is 5.14. The molecule has 0 atom stereocenters. The number of rotatable bonds is 3. The Labute approximate surface area is 107 Å². The van der Waals surface area contributed by atoms with Crippen LogP contribution in [0.25, 0.3) is 0 Å². The van der Waals surface area contributed by atoms with E-state index in [0.29, 0.717) is 11.6 Å². The quantitative estimate of drug-likeness (QED) is 0.932. The van der Waals surface area contributed by atoms with Crippen molar-refractivity contribution in [3.8, 4) is 0 Å². The van der Waals surface area contributed by atoms with Gasteiger partial charge in [-0.15, -0.1) is 11.3 Å². The van der Waals surface area contributed by atoms with Gasteiger partial charge in [-0.25, -0.2) is 9.97 Å². The molecule has 2 aromatic rings. The summed E-state index contributed by atoms with van der Waals surface area (Å²) in [5, 5.41) is 3.39. The summed E-state index contributed by atoms with van der Waals surface area (Å²) in [5.74, 6) is 0. The maximum absolute atomic E-state index is 6.18. The van der Waals surface area contributed by atoms with E-state index in [2.05, 4.69) is 9.97 Å². The van der Waals surface area contributed by atoms with Gasteiger partial charge in [0.2, 0.25) is 0 Å². The van der Waals surface area contributed by atoms with Gasteiger partial charge in [-0.3, -0.25) is 0 Å². The number of hydrogen-bond acceptors (Lipinski definition) is 5. The molecule has 2 N–H and O–H groups in total. The molecule has 0 unspecified atom stereocenters. The van der Waals surface area contributed by atoms with Crippen LogP contribution in [-0.2, 0) is 6.54 Å². The standard InChI is InChI=1S/C10H10ClN3S2/c1-6-5-15-10(14-6)16-9-8(11)7(4-12)2-3-13-9/h2-3,5H,4,12H2,1H3. The van der Waals surface area contributed by atoms with E-state index in [1.807, 2.05) is 18.4 Å². The molecule has 16 heavy (non-hydrogen) atoms. The third kappa shape index (κ3) is 2.55. The van der Waals surface area contributed by atoms with E-state index in [0.717, 1.165) is 20.6 Å². The first-order valence-electron chi connectivity index (χ1n) is 4.64. The zero-order chi connectivity index (χ0) is 11.5. The van der Waals surface area contributed by atoms with E-state index in [9.17, 15) is 0 Å². The van der Waals surface area contributed by atoms with Gasteiger partial charge in [-0.05, 0) is 30.3 Å². The van der Waals surface area contributed by atoms with Crippen LogP contribution in [0, 0.1) is 6.92 Å². The SMILES string of the molecule is Cc1csc(Sc2nccc(CN)c2Cl)n1. The number of hydrogen-bond donors (Lipinski definition) is 1. The van der Waals surface area contributed by atoms with Crippen LogP contribution in [0.3, 0.4) is 0 Å². The molecule has 0 bridgehead atoms. The van der Waals surface area contributed by atoms with Crippen LogP contribution in [0.1, 0.15) is 11.3 Å². The summed E-state index contributed by atoms with van der Waals surface area (Å²) < 4.78 is 0.945. The van der Waals surface area contributed by atoms with Crippen molar-refractivity contribution < 1.29 is 0 Å². The molecular formula is C10H10ClN3S2. The van der Waals surface area contributed by atoms with Crippen molar-refractivity contribution in [1.29, 1.82) is 0 Å². The molecule has 0 fully saturated rings. The topological polar surface area (TPSA) is 51.8 Å². The Morgan fingerprint density at radius 3 is 3.00 bits per heavy atom. The highest BCUT2D eigenvalue weighted by atomic mass is 35.5. The summed E-state index contributed by atoms with van der Waals surface area (Å²) >= 11 is 9.24. The van der Waals surface area contributed by atoms with E-state index in [4.69, 9.17) is 17.3 Å². The molecule has 0 aliphatic rings. The summed E-state index contributed by atoms with van der Waals surface area (Å²) in [6, 6.07) is 1.83. The number of halogens is 1. The molecule has 2 heterocycles. The predicted octanol–water partition coefficient (Wildman–Crippen LogP) is 3.11. The lowest BCUT2D eigenvalue weighted by Crippen LogP contribution is -1.98. The third-order valence-corrected chi connectivity index (χ3v) is 4.53. The summed E-state index contributed by atoms with van der Waals surface area (Å²) in [7, 11) is 0. The van der Waals surface area contributed by atoms with E-state index in [-0.39, 0.29) is 0 Å². The van der Waals surface area contributed by atoms with Crippen molar-refractivity contribution in [3.63, 3.8) is 0 Å². The van der Waals surface area contributed by atoms with Gasteiger partial charge in [-0.1, -0.05) is 11.6 Å². The molecule has 2 rings (SSSR count). The monoisotopic (exact) mass is 271 g/mol. The maximum atomic E-state index is 6.18. The smallest absolute Gasteiger partial charge is 0.156 e. The van der Waals surface area contributed by atoms with E-state index < -0.39 is 0 Å². The predicted molar refractivity (Wildman–Crippen MR) is 68.1 cm³/mol. The maximum Gasteiger partial charge on any atom is 0.156 e. The normalized spacial score (nSPS) is 10.7. The summed E-state index contributed by atoms with van der Waals surface area (Å²) in [6.07, 6.45) is 1.72. The Morgan fingerprint density at radius 2 is 2.38 bits per heavy atom. The van der Waals surface area contributed by atoms with Crippen LogP contribution in [0.15, 0.2) is 27.0 Å². The Bertz CT molecular complexity index is 499. The second-order valence-electron chi connectivity index (χ2n) is 3.15. The number of nitrogens with two attached hydrogens (primary N) is 1. The highest BCUT2D eigenvalue weighted by molar-refractivity contribution is 8.01. The summed E-state index contributed by atoms with van der Waals surface area (Å²) in [5.41, 5.74) is 7.50. The van der Waals surface area contributed by atoms with Gasteiger partial charge in [-0.2, -0.15) is 0 Å². The van der Waals surface area contributed by atoms with Gasteiger partial charge in [0.1, 0.15) is 5.03 Å². The average Bonchev–Trinajstić information content (AvgIpc) is 2.67. The molecule has 0 aromatic carbocycles. The summed E-state index contributed by atoms with van der Waals surface area (Å²) in [4.78, 5) is 8.59. The number of aromatic nitrogens is 2. The fraction of sp³-hybridized carbons (Fsp3) is 0.200. The average molecular weight is 272 g/mol. The zero-order valence-electron chi connectivity index (χ0n) is 8.61. The van der Waals surface area contributed by atoms with Crippen LogP contribution >= 0.6 is 34.7 Å². The van der Waals surface area contributed by atoms with Crippen LogP contribution < -0.4 is 5.73 Å². The number of nitrogens with zero attached hydrogens (tertiary/aromatic N) is 2. The minimum Gasteiger partial charge on any atom is -0.326 e. The lowest BCUT2D eigenvalue weighted by atomic mass is 10.3. The van der Waals surface area contributed by atoms with Crippen molar-refractivity contribution in [2.24, 2.45) is 5.73 Å². The van der Waals surface area contributed by atoms with Crippen LogP contribution in [0.2, 0.25) is 5.02 Å². The molecule has 2 aromatic heterocycles. The van der Waals surface area contributed by atoms with E-state index in [1.165, 1.54) is 11.8 Å². The highest BCUT2D eigenvalue weighted by Gasteiger charge is 2.10. The van der Waals surface area contributed by atoms with Gasteiger partial charge < -0.3 is 5.73 Å². The Hall–Kier alpha value is -0.620. The fourth-order valence-corrected chi connectivity index (χ4v) is 3.24. The summed E-state index contributed by atoms with van der Waals surface area (Å²) in [6.45, 7) is 2.39. The first-order valence-corrected chi connectivity index (χ1v) is 6.71. The molecule has 84 valence electrons. The number of pyridine rings is 1. The molecule has 3 nitrogen and oxygen atoms in total. The van der Waals surface area contributed by atoms with Gasteiger partial charge in [0.25, 0.3) is 0 Å². The molecule has 0 aliphatic heterocycles. The van der Waals surface area contributed by atoms with Crippen LogP contribution in [0.4, 0.5) is 0 Å². The van der Waals surface area contributed by atoms with Crippen LogP contribution in [0.5, 0.6) is 0 Å². The minimum absolute atomic E-state index is 0.422. The molecular weight excluding hydrogens is 262 g/mol. The Kier molecular flexibility index (Phi) is 3.81. The molecule has 6 heteroatoms.